The second kappa shape index (κ2) is 3.02. The Hall–Kier alpha value is -1.12. The zero-order chi connectivity index (χ0) is 6.53. The van der Waals surface area contributed by atoms with Crippen molar-refractivity contribution < 1.29 is 4.79 Å². The Labute approximate surface area is 53.5 Å². The first-order valence-electron chi connectivity index (χ1n) is 2.82. The molecule has 3 heteroatoms. The molecule has 0 aliphatic carbocycles. The van der Waals surface area contributed by atoms with Gasteiger partial charge in [0.05, 0.1) is 13.0 Å². The maximum absolute atomic E-state index is 9.93. The van der Waals surface area contributed by atoms with Crippen molar-refractivity contribution in [3.63, 3.8) is 0 Å². The lowest BCUT2D eigenvalue weighted by atomic mass is 10.4. The van der Waals surface area contributed by atoms with Gasteiger partial charge in [0, 0.05) is 0 Å². The number of amidine groups is 1. The first-order chi connectivity index (χ1) is 4.43. The smallest absolute Gasteiger partial charge is 0.127 e. The summed E-state index contributed by atoms with van der Waals surface area (Å²) < 4.78 is 0. The summed E-state index contributed by atoms with van der Waals surface area (Å²) in [5.74, 6) is 0.757. The molecule has 0 saturated heterocycles. The molecule has 0 aromatic carbocycles. The number of carbonyl (C=O) groups is 1. The minimum Gasteiger partial charge on any atom is -0.350 e. The molecular formula is C6H8N2O. The molecule has 3 nitrogen and oxygen atoms in total. The van der Waals surface area contributed by atoms with Gasteiger partial charge in [-0.2, -0.15) is 0 Å². The Balaban J connectivity index is 2.40. The van der Waals surface area contributed by atoms with Gasteiger partial charge in [-0.15, -0.1) is 0 Å². The molecular weight excluding hydrogens is 116 g/mol. The Morgan fingerprint density at radius 3 is 3.33 bits per heavy atom. The highest BCUT2D eigenvalue weighted by molar-refractivity contribution is 5.93. The van der Waals surface area contributed by atoms with Crippen LogP contribution in [0.5, 0.6) is 0 Å². The van der Waals surface area contributed by atoms with Gasteiger partial charge in [0.25, 0.3) is 0 Å². The molecule has 0 bridgehead atoms. The van der Waals surface area contributed by atoms with E-state index in [4.69, 9.17) is 0 Å². The van der Waals surface area contributed by atoms with Crippen LogP contribution in [0, 0.1) is 0 Å². The first-order valence-corrected chi connectivity index (χ1v) is 2.82. The topological polar surface area (TPSA) is 41.5 Å². The molecule has 0 unspecified atom stereocenters. The Morgan fingerprint density at radius 2 is 2.78 bits per heavy atom. The molecule has 0 spiro atoms. The number of nitrogens with one attached hydrogen (secondary N) is 1. The molecule has 0 aromatic rings. The number of aliphatic imine (C=N–C) groups is 1. The fraction of sp³-hybridized carbons (Fsp3) is 0.333. The van der Waals surface area contributed by atoms with Crippen LogP contribution in [-0.2, 0) is 4.79 Å². The maximum atomic E-state index is 9.93. The number of rotatable bonds is 2. The maximum Gasteiger partial charge on any atom is 0.127 e. The van der Waals surface area contributed by atoms with Gasteiger partial charge in [-0.1, -0.05) is 0 Å². The molecule has 1 aliphatic heterocycles. The Bertz CT molecular complexity index is 156. The molecule has 0 aromatic heterocycles. The van der Waals surface area contributed by atoms with E-state index < -0.39 is 0 Å². The van der Waals surface area contributed by atoms with Gasteiger partial charge in [-0.25, -0.2) is 0 Å². The summed E-state index contributed by atoms with van der Waals surface area (Å²) >= 11 is 0. The van der Waals surface area contributed by atoms with E-state index in [1.807, 2.05) is 6.08 Å². The van der Waals surface area contributed by atoms with Crippen LogP contribution in [0.2, 0.25) is 0 Å². The average molecular weight is 124 g/mol. The molecule has 48 valence electrons. The number of hydrogen-bond acceptors (Lipinski definition) is 3. The van der Waals surface area contributed by atoms with Crippen molar-refractivity contribution in [1.82, 2.24) is 5.32 Å². The van der Waals surface area contributed by atoms with Crippen molar-refractivity contribution in [3.05, 3.63) is 12.3 Å². The van der Waals surface area contributed by atoms with E-state index in [1.54, 1.807) is 6.20 Å². The number of aldehydes is 1. The zero-order valence-electron chi connectivity index (χ0n) is 5.00. The van der Waals surface area contributed by atoms with Crippen LogP contribution in [0.1, 0.15) is 6.42 Å². The Kier molecular flexibility index (Phi) is 2.01. The minimum absolute atomic E-state index is 0.393. The molecule has 1 heterocycles. The van der Waals surface area contributed by atoms with E-state index in [0.29, 0.717) is 13.0 Å². The summed E-state index contributed by atoms with van der Waals surface area (Å²) in [6, 6.07) is 0. The molecule has 0 radical (unpaired) electrons. The molecule has 0 amide bonds. The van der Waals surface area contributed by atoms with E-state index >= 15 is 0 Å². The third-order valence-corrected chi connectivity index (χ3v) is 1.03. The normalized spacial score (nSPS) is 16.2. The minimum atomic E-state index is 0.393. The van der Waals surface area contributed by atoms with Crippen LogP contribution < -0.4 is 5.32 Å². The molecule has 1 aliphatic rings. The van der Waals surface area contributed by atoms with Gasteiger partial charge < -0.3 is 10.1 Å². The lowest BCUT2D eigenvalue weighted by molar-refractivity contribution is -0.106. The van der Waals surface area contributed by atoms with Crippen LogP contribution in [0.25, 0.3) is 0 Å². The van der Waals surface area contributed by atoms with Crippen LogP contribution in [0.15, 0.2) is 17.3 Å². The highest BCUT2D eigenvalue weighted by Gasteiger charge is 1.95. The second-order valence-electron chi connectivity index (χ2n) is 1.70. The standard InChI is InChI=1S/C6H8N2O/c9-5-2-6-7-3-1-4-8-6/h1,3,5H,2,4H2,(H,7,8). The largest absolute Gasteiger partial charge is 0.350 e. The monoisotopic (exact) mass is 124 g/mol. The van der Waals surface area contributed by atoms with Gasteiger partial charge in [-0.05, 0) is 12.3 Å². The average Bonchev–Trinajstić information content (AvgIpc) is 1.91. The van der Waals surface area contributed by atoms with Crippen molar-refractivity contribution >= 4 is 12.1 Å². The van der Waals surface area contributed by atoms with Gasteiger partial charge in [-0.3, -0.25) is 4.99 Å². The summed E-state index contributed by atoms with van der Waals surface area (Å²) in [6.07, 6.45) is 4.93. The molecule has 0 saturated carbocycles. The summed E-state index contributed by atoms with van der Waals surface area (Å²) in [5.41, 5.74) is 0. The number of nitrogens with zero attached hydrogens (tertiary/aromatic N) is 1. The predicted molar refractivity (Wildman–Crippen MR) is 35.3 cm³/mol. The molecule has 0 fully saturated rings. The third-order valence-electron chi connectivity index (χ3n) is 1.03. The zero-order valence-corrected chi connectivity index (χ0v) is 5.00. The first kappa shape index (κ1) is 6.01. The Morgan fingerprint density at radius 1 is 1.89 bits per heavy atom. The van der Waals surface area contributed by atoms with E-state index in [1.165, 1.54) is 0 Å². The lowest BCUT2D eigenvalue weighted by Gasteiger charge is -2.04. The van der Waals surface area contributed by atoms with E-state index in [-0.39, 0.29) is 0 Å². The van der Waals surface area contributed by atoms with Crippen LogP contribution in [0.4, 0.5) is 0 Å². The van der Waals surface area contributed by atoms with E-state index in [2.05, 4.69) is 10.3 Å². The number of hydrogen-bond donors (Lipinski definition) is 1. The summed E-state index contributed by atoms with van der Waals surface area (Å²) in [5, 5.41) is 2.86. The van der Waals surface area contributed by atoms with Crippen molar-refractivity contribution in [2.45, 2.75) is 6.42 Å². The SMILES string of the molecule is O=CCC1=NCC=CN1. The van der Waals surface area contributed by atoms with Crippen LogP contribution in [-0.4, -0.2) is 18.7 Å². The van der Waals surface area contributed by atoms with Crippen molar-refractivity contribution in [3.8, 4) is 0 Å². The van der Waals surface area contributed by atoms with E-state index in [0.717, 1.165) is 12.1 Å². The van der Waals surface area contributed by atoms with Crippen LogP contribution >= 0.6 is 0 Å². The summed E-state index contributed by atoms with van der Waals surface area (Å²) in [7, 11) is 0. The second-order valence-corrected chi connectivity index (χ2v) is 1.70. The van der Waals surface area contributed by atoms with Gasteiger partial charge in [0.2, 0.25) is 0 Å². The fourth-order valence-corrected chi connectivity index (χ4v) is 0.619. The summed E-state index contributed by atoms with van der Waals surface area (Å²) in [6.45, 7) is 0.691. The quantitative estimate of drug-likeness (QED) is 0.530. The third kappa shape index (κ3) is 1.68. The fourth-order valence-electron chi connectivity index (χ4n) is 0.619. The van der Waals surface area contributed by atoms with E-state index in [9.17, 15) is 4.79 Å². The molecule has 1 rings (SSSR count). The highest BCUT2D eigenvalue weighted by Crippen LogP contribution is 1.87. The van der Waals surface area contributed by atoms with Crippen molar-refractivity contribution in [1.29, 1.82) is 0 Å². The lowest BCUT2D eigenvalue weighted by Crippen LogP contribution is -2.20. The molecule has 9 heavy (non-hydrogen) atoms. The molecule has 1 N–H and O–H groups in total. The van der Waals surface area contributed by atoms with Crippen molar-refractivity contribution in [2.75, 3.05) is 6.54 Å². The molecule has 0 atom stereocenters. The number of carbonyl (C=O) groups excluding carboxylic acids is 1. The van der Waals surface area contributed by atoms with Gasteiger partial charge in [0.15, 0.2) is 0 Å². The van der Waals surface area contributed by atoms with Gasteiger partial charge >= 0.3 is 0 Å². The predicted octanol–water partition coefficient (Wildman–Crippen LogP) is 0.0908. The van der Waals surface area contributed by atoms with Gasteiger partial charge in [0.1, 0.15) is 12.1 Å². The van der Waals surface area contributed by atoms with Crippen molar-refractivity contribution in [2.24, 2.45) is 4.99 Å². The summed E-state index contributed by atoms with van der Waals surface area (Å²) in [4.78, 5) is 13.9. The highest BCUT2D eigenvalue weighted by atomic mass is 16.1. The van der Waals surface area contributed by atoms with Crippen LogP contribution in [0.3, 0.4) is 0 Å².